The Kier molecular flexibility index (Phi) is 5.62. The van der Waals surface area contributed by atoms with Crippen molar-refractivity contribution in [2.45, 2.75) is 68.7 Å². The molecular formula is C21H30F2N2O4S. The highest BCUT2D eigenvalue weighted by Gasteiger charge is 2.56. The van der Waals surface area contributed by atoms with Crippen molar-refractivity contribution >= 4 is 10.0 Å². The van der Waals surface area contributed by atoms with Gasteiger partial charge in [0, 0.05) is 38.8 Å². The molecule has 1 aromatic carbocycles. The highest BCUT2D eigenvalue weighted by molar-refractivity contribution is 7.89. The number of nitrogens with zero attached hydrogens (tertiary/aromatic N) is 2. The third-order valence-corrected chi connectivity index (χ3v) is 8.81. The molecule has 0 saturated carbocycles. The van der Waals surface area contributed by atoms with Gasteiger partial charge in [-0.2, -0.15) is 13.1 Å². The minimum Gasteiger partial charge on any atom is -0.435 e. The first-order valence-electron chi connectivity index (χ1n) is 10.4. The summed E-state index contributed by atoms with van der Waals surface area (Å²) in [4.78, 5) is 2.53. The predicted octanol–water partition coefficient (Wildman–Crippen LogP) is 3.33. The van der Waals surface area contributed by atoms with Gasteiger partial charge in [0.1, 0.15) is 5.75 Å². The van der Waals surface area contributed by atoms with E-state index in [1.807, 2.05) is 0 Å². The fourth-order valence-electron chi connectivity index (χ4n) is 5.59. The molecule has 3 fully saturated rings. The standard InChI is InChI=1S/C21H30F2N2O4S/c1-20(2,28-3)12-24-13-21(14-24)10-15-4-5-16(11-21)25(15)30(26,27)18-8-6-17(7-9-18)29-19(22)23/h6-9,15-16,19H,4-5,10-14H2,1-3H3. The number of piperidine rings is 1. The third-order valence-electron chi connectivity index (χ3n) is 6.79. The predicted molar refractivity (Wildman–Crippen MR) is 108 cm³/mol. The van der Waals surface area contributed by atoms with E-state index in [-0.39, 0.29) is 33.7 Å². The van der Waals surface area contributed by atoms with Crippen LogP contribution in [0.3, 0.4) is 0 Å². The Labute approximate surface area is 177 Å². The summed E-state index contributed by atoms with van der Waals surface area (Å²) < 4.78 is 62.8. The smallest absolute Gasteiger partial charge is 0.387 e. The van der Waals surface area contributed by atoms with E-state index in [1.54, 1.807) is 11.4 Å². The van der Waals surface area contributed by atoms with Crippen LogP contribution in [0.4, 0.5) is 8.78 Å². The van der Waals surface area contributed by atoms with Gasteiger partial charge in [-0.15, -0.1) is 0 Å². The summed E-state index contributed by atoms with van der Waals surface area (Å²) in [6.07, 6.45) is 3.50. The topological polar surface area (TPSA) is 59.1 Å². The van der Waals surface area contributed by atoms with Gasteiger partial charge in [0.05, 0.1) is 10.5 Å². The number of halogens is 2. The summed E-state index contributed by atoms with van der Waals surface area (Å²) >= 11 is 0. The zero-order valence-corrected chi connectivity index (χ0v) is 18.5. The van der Waals surface area contributed by atoms with Gasteiger partial charge in [-0.3, -0.25) is 4.90 Å². The Morgan fingerprint density at radius 1 is 1.13 bits per heavy atom. The number of fused-ring (bicyclic) bond motifs is 2. The van der Waals surface area contributed by atoms with Crippen LogP contribution in [0.2, 0.25) is 0 Å². The quantitative estimate of drug-likeness (QED) is 0.646. The molecule has 2 unspecified atom stereocenters. The molecule has 3 aliphatic rings. The molecule has 0 aliphatic carbocycles. The monoisotopic (exact) mass is 444 g/mol. The van der Waals surface area contributed by atoms with Crippen LogP contribution < -0.4 is 4.74 Å². The van der Waals surface area contributed by atoms with Gasteiger partial charge in [0.25, 0.3) is 0 Å². The van der Waals surface area contributed by atoms with E-state index in [2.05, 4.69) is 23.5 Å². The second kappa shape index (κ2) is 7.69. The number of hydrogen-bond acceptors (Lipinski definition) is 5. The van der Waals surface area contributed by atoms with Crippen LogP contribution in [0, 0.1) is 5.41 Å². The second-order valence-electron chi connectivity index (χ2n) is 9.59. The fraction of sp³-hybridized carbons (Fsp3) is 0.714. The van der Waals surface area contributed by atoms with Crippen molar-refractivity contribution in [1.82, 2.24) is 9.21 Å². The van der Waals surface area contributed by atoms with Gasteiger partial charge in [-0.05, 0) is 69.2 Å². The molecule has 3 heterocycles. The number of hydrogen-bond donors (Lipinski definition) is 0. The van der Waals surface area contributed by atoms with Crippen LogP contribution in [-0.4, -0.2) is 68.7 Å². The van der Waals surface area contributed by atoms with E-state index in [1.165, 1.54) is 24.3 Å². The van der Waals surface area contributed by atoms with Crippen LogP contribution in [0.1, 0.15) is 39.5 Å². The van der Waals surface area contributed by atoms with E-state index in [9.17, 15) is 17.2 Å². The van der Waals surface area contributed by atoms with Crippen molar-refractivity contribution in [1.29, 1.82) is 0 Å². The first kappa shape index (κ1) is 21.9. The average molecular weight is 445 g/mol. The van der Waals surface area contributed by atoms with Gasteiger partial charge in [-0.25, -0.2) is 8.42 Å². The molecular weight excluding hydrogens is 414 g/mol. The summed E-state index contributed by atoms with van der Waals surface area (Å²) in [6, 6.07) is 5.29. The summed E-state index contributed by atoms with van der Waals surface area (Å²) in [6.45, 7) is 4.07. The normalized spacial score (nSPS) is 26.9. The lowest BCUT2D eigenvalue weighted by Crippen LogP contribution is -2.65. The highest BCUT2D eigenvalue weighted by Crippen LogP contribution is 2.52. The fourth-order valence-corrected chi connectivity index (χ4v) is 7.46. The van der Waals surface area contributed by atoms with E-state index < -0.39 is 16.6 Å². The first-order chi connectivity index (χ1) is 14.0. The molecule has 9 heteroatoms. The minimum absolute atomic E-state index is 0.00308. The molecule has 0 N–H and O–H groups in total. The number of sulfonamides is 1. The van der Waals surface area contributed by atoms with E-state index in [0.29, 0.717) is 0 Å². The number of ether oxygens (including phenoxy) is 2. The molecule has 4 rings (SSSR count). The summed E-state index contributed by atoms with van der Waals surface area (Å²) in [5.74, 6) is -0.0435. The summed E-state index contributed by atoms with van der Waals surface area (Å²) in [5, 5.41) is 0. The Bertz CT molecular complexity index is 853. The molecule has 2 atom stereocenters. The number of methoxy groups -OCH3 is 1. The number of alkyl halides is 2. The van der Waals surface area contributed by atoms with Crippen molar-refractivity contribution in [3.63, 3.8) is 0 Å². The van der Waals surface area contributed by atoms with Crippen LogP contribution in [0.5, 0.6) is 5.75 Å². The zero-order chi connectivity index (χ0) is 21.7. The number of rotatable bonds is 7. The minimum atomic E-state index is -3.67. The Morgan fingerprint density at radius 3 is 2.20 bits per heavy atom. The van der Waals surface area contributed by atoms with E-state index in [0.717, 1.165) is 45.3 Å². The van der Waals surface area contributed by atoms with E-state index >= 15 is 0 Å². The van der Waals surface area contributed by atoms with Crippen LogP contribution in [0.25, 0.3) is 0 Å². The Hall–Kier alpha value is -1.29. The maximum atomic E-state index is 13.3. The van der Waals surface area contributed by atoms with Gasteiger partial charge < -0.3 is 9.47 Å². The third kappa shape index (κ3) is 4.09. The molecule has 3 aliphatic heterocycles. The van der Waals surface area contributed by atoms with Gasteiger partial charge in [0.15, 0.2) is 0 Å². The highest BCUT2D eigenvalue weighted by atomic mass is 32.2. The van der Waals surface area contributed by atoms with Gasteiger partial charge >= 0.3 is 6.61 Å². The number of benzene rings is 1. The largest absolute Gasteiger partial charge is 0.435 e. The summed E-state index contributed by atoms with van der Waals surface area (Å²) in [7, 11) is -1.94. The zero-order valence-electron chi connectivity index (χ0n) is 17.7. The molecule has 0 aromatic heterocycles. The van der Waals surface area contributed by atoms with Crippen molar-refractivity contribution in [3.8, 4) is 5.75 Å². The van der Waals surface area contributed by atoms with Crippen LogP contribution in [0.15, 0.2) is 29.2 Å². The average Bonchev–Trinajstić information content (AvgIpc) is 2.93. The van der Waals surface area contributed by atoms with Gasteiger partial charge in [0.2, 0.25) is 10.0 Å². The molecule has 30 heavy (non-hydrogen) atoms. The Morgan fingerprint density at radius 2 is 1.70 bits per heavy atom. The Balaban J connectivity index is 1.44. The second-order valence-corrected chi connectivity index (χ2v) is 11.4. The maximum absolute atomic E-state index is 13.3. The molecule has 168 valence electrons. The lowest BCUT2D eigenvalue weighted by atomic mass is 9.69. The SMILES string of the molecule is COC(C)(C)CN1CC2(CC3CCC(C2)N3S(=O)(=O)c2ccc(OC(F)F)cc2)C1. The lowest BCUT2D eigenvalue weighted by molar-refractivity contribution is -0.0949. The number of likely N-dealkylation sites (tertiary alicyclic amines) is 1. The summed E-state index contributed by atoms with van der Waals surface area (Å²) in [5.41, 5.74) is 0.00145. The van der Waals surface area contributed by atoms with E-state index in [4.69, 9.17) is 4.74 Å². The van der Waals surface area contributed by atoms with Crippen LogP contribution >= 0.6 is 0 Å². The van der Waals surface area contributed by atoms with Crippen molar-refractivity contribution in [2.24, 2.45) is 5.41 Å². The van der Waals surface area contributed by atoms with Crippen molar-refractivity contribution in [2.75, 3.05) is 26.7 Å². The van der Waals surface area contributed by atoms with Gasteiger partial charge in [-0.1, -0.05) is 0 Å². The maximum Gasteiger partial charge on any atom is 0.387 e. The molecule has 2 bridgehead atoms. The molecule has 1 spiro atoms. The van der Waals surface area contributed by atoms with Crippen molar-refractivity contribution in [3.05, 3.63) is 24.3 Å². The molecule has 0 radical (unpaired) electrons. The lowest BCUT2D eigenvalue weighted by Gasteiger charge is -2.57. The molecule has 0 amide bonds. The van der Waals surface area contributed by atoms with Crippen LogP contribution in [-0.2, 0) is 14.8 Å². The molecule has 1 aromatic rings. The molecule has 6 nitrogen and oxygen atoms in total. The molecule has 3 saturated heterocycles. The van der Waals surface area contributed by atoms with Crippen molar-refractivity contribution < 1.29 is 26.7 Å². The first-order valence-corrected chi connectivity index (χ1v) is 11.8.